The van der Waals surface area contributed by atoms with Crippen LogP contribution in [0.2, 0.25) is 0 Å². The van der Waals surface area contributed by atoms with E-state index in [9.17, 15) is 9.59 Å². The van der Waals surface area contributed by atoms with Crippen molar-refractivity contribution in [2.45, 2.75) is 12.8 Å². The zero-order chi connectivity index (χ0) is 17.8. The molecule has 0 radical (unpaired) electrons. The second kappa shape index (κ2) is 8.82. The maximum Gasteiger partial charge on any atom is 0.251 e. The van der Waals surface area contributed by atoms with Crippen molar-refractivity contribution in [2.24, 2.45) is 13.0 Å². The first kappa shape index (κ1) is 19.9. The summed E-state index contributed by atoms with van der Waals surface area (Å²) in [4.78, 5) is 24.4. The van der Waals surface area contributed by atoms with Crippen LogP contribution in [0.25, 0.3) is 0 Å². The summed E-state index contributed by atoms with van der Waals surface area (Å²) in [7, 11) is 1.87. The van der Waals surface area contributed by atoms with Gasteiger partial charge in [0.05, 0.1) is 12.1 Å². The van der Waals surface area contributed by atoms with Gasteiger partial charge in [-0.1, -0.05) is 0 Å². The van der Waals surface area contributed by atoms with Gasteiger partial charge in [-0.25, -0.2) is 0 Å². The predicted molar refractivity (Wildman–Crippen MR) is 103 cm³/mol. The summed E-state index contributed by atoms with van der Waals surface area (Å²) < 4.78 is 1.75. The molecule has 7 nitrogen and oxygen atoms in total. The third-order valence-corrected chi connectivity index (χ3v) is 4.46. The molecule has 26 heavy (non-hydrogen) atoms. The van der Waals surface area contributed by atoms with Gasteiger partial charge in [-0.3, -0.25) is 14.3 Å². The Kier molecular flexibility index (Phi) is 6.76. The molecule has 1 aromatic carbocycles. The Morgan fingerprint density at radius 1 is 1.27 bits per heavy atom. The largest absolute Gasteiger partial charge is 0.352 e. The maximum absolute atomic E-state index is 12.7. The van der Waals surface area contributed by atoms with E-state index in [1.165, 1.54) is 0 Å². The van der Waals surface area contributed by atoms with Gasteiger partial charge in [0.25, 0.3) is 5.91 Å². The highest BCUT2D eigenvalue weighted by Crippen LogP contribution is 2.28. The fourth-order valence-electron chi connectivity index (χ4n) is 3.14. The lowest BCUT2D eigenvalue weighted by Crippen LogP contribution is -2.28. The number of hydrogen-bond acceptors (Lipinski definition) is 4. The van der Waals surface area contributed by atoms with Crippen molar-refractivity contribution in [3.05, 3.63) is 47.8 Å². The van der Waals surface area contributed by atoms with E-state index in [4.69, 9.17) is 0 Å². The molecule has 2 aromatic rings. The van der Waals surface area contributed by atoms with E-state index in [1.807, 2.05) is 26.4 Å². The molecule has 0 aliphatic carbocycles. The van der Waals surface area contributed by atoms with Gasteiger partial charge in [0.15, 0.2) is 0 Å². The van der Waals surface area contributed by atoms with E-state index >= 15 is 0 Å². The minimum atomic E-state index is -0.146. The molecule has 8 heteroatoms. The molecular formula is C18H24ClN5O2. The van der Waals surface area contributed by atoms with Crippen LogP contribution in [0.3, 0.4) is 0 Å². The van der Waals surface area contributed by atoms with Crippen LogP contribution in [0.5, 0.6) is 0 Å². The number of nitrogens with one attached hydrogen (secondary N) is 3. The Bertz CT molecular complexity index is 759. The smallest absolute Gasteiger partial charge is 0.251 e. The van der Waals surface area contributed by atoms with Crippen molar-refractivity contribution >= 4 is 29.9 Å². The summed E-state index contributed by atoms with van der Waals surface area (Å²) in [5.41, 5.74) is 2.34. The molecule has 3 rings (SSSR count). The van der Waals surface area contributed by atoms with Gasteiger partial charge in [0.1, 0.15) is 0 Å². The quantitative estimate of drug-likeness (QED) is 0.737. The van der Waals surface area contributed by atoms with Gasteiger partial charge < -0.3 is 16.0 Å². The first-order chi connectivity index (χ1) is 12.1. The highest BCUT2D eigenvalue weighted by atomic mass is 35.5. The zero-order valence-electron chi connectivity index (χ0n) is 14.9. The van der Waals surface area contributed by atoms with Crippen molar-refractivity contribution in [3.63, 3.8) is 0 Å². The standard InChI is InChI=1S/C18H23N5O2.ClH/c1-3-20-17(24)12-4-6-14(7-5-12)22-18(25)16-10-19-9-15(16)13-8-21-23(2)11-13;/h4-8,11,15-16,19H,3,9-10H2,1-2H3,(H,20,24)(H,22,25);1H/t15-,16+;/m1./s1. The molecule has 140 valence electrons. The zero-order valence-corrected chi connectivity index (χ0v) is 15.7. The van der Waals surface area contributed by atoms with Crippen LogP contribution in [-0.2, 0) is 11.8 Å². The second-order valence-corrected chi connectivity index (χ2v) is 6.24. The van der Waals surface area contributed by atoms with E-state index in [-0.39, 0.29) is 36.1 Å². The van der Waals surface area contributed by atoms with E-state index in [1.54, 1.807) is 28.9 Å². The predicted octanol–water partition coefficient (Wildman–Crippen LogP) is 1.53. The number of rotatable bonds is 5. The highest BCUT2D eigenvalue weighted by molar-refractivity contribution is 5.96. The SMILES string of the molecule is CCNC(=O)c1ccc(NC(=O)[C@H]2CNC[C@@H]2c2cnn(C)c2)cc1.Cl. The van der Waals surface area contributed by atoms with Gasteiger partial charge in [0, 0.05) is 50.0 Å². The van der Waals surface area contributed by atoms with Crippen molar-refractivity contribution in [2.75, 3.05) is 25.0 Å². The number of halogens is 1. The van der Waals surface area contributed by atoms with Crippen molar-refractivity contribution in [3.8, 4) is 0 Å². The van der Waals surface area contributed by atoms with Crippen LogP contribution >= 0.6 is 12.4 Å². The topological polar surface area (TPSA) is 88.1 Å². The van der Waals surface area contributed by atoms with Crippen LogP contribution in [0.1, 0.15) is 28.8 Å². The van der Waals surface area contributed by atoms with E-state index in [0.717, 1.165) is 12.1 Å². The second-order valence-electron chi connectivity index (χ2n) is 6.24. The van der Waals surface area contributed by atoms with Crippen LogP contribution in [0, 0.1) is 5.92 Å². The number of carbonyl (C=O) groups excluding carboxylic acids is 2. The maximum atomic E-state index is 12.7. The number of hydrogen-bond donors (Lipinski definition) is 3. The number of amides is 2. The number of anilines is 1. The van der Waals surface area contributed by atoms with E-state index in [0.29, 0.717) is 24.3 Å². The highest BCUT2D eigenvalue weighted by Gasteiger charge is 2.34. The molecule has 0 bridgehead atoms. The van der Waals surface area contributed by atoms with E-state index < -0.39 is 0 Å². The molecule has 2 atom stereocenters. The van der Waals surface area contributed by atoms with Crippen LogP contribution in [0.4, 0.5) is 5.69 Å². The summed E-state index contributed by atoms with van der Waals surface area (Å²) in [6.45, 7) is 3.87. The minimum Gasteiger partial charge on any atom is -0.352 e. The van der Waals surface area contributed by atoms with Crippen molar-refractivity contribution in [1.82, 2.24) is 20.4 Å². The first-order valence-corrected chi connectivity index (χ1v) is 8.47. The number of aromatic nitrogens is 2. The number of aryl methyl sites for hydroxylation is 1. The number of nitrogens with zero attached hydrogens (tertiary/aromatic N) is 2. The lowest BCUT2D eigenvalue weighted by molar-refractivity contribution is -0.119. The van der Waals surface area contributed by atoms with Crippen LogP contribution < -0.4 is 16.0 Å². The Balaban J connectivity index is 0.00000243. The molecular weight excluding hydrogens is 354 g/mol. The number of benzene rings is 1. The Morgan fingerprint density at radius 2 is 2.00 bits per heavy atom. The van der Waals surface area contributed by atoms with Gasteiger partial charge in [-0.15, -0.1) is 12.4 Å². The van der Waals surface area contributed by atoms with Crippen molar-refractivity contribution < 1.29 is 9.59 Å². The summed E-state index contributed by atoms with van der Waals surface area (Å²) in [5, 5.41) is 13.2. The fraction of sp³-hybridized carbons (Fsp3) is 0.389. The Hall–Kier alpha value is -2.38. The Labute approximate surface area is 159 Å². The van der Waals surface area contributed by atoms with Gasteiger partial charge in [0.2, 0.25) is 5.91 Å². The summed E-state index contributed by atoms with van der Waals surface area (Å²) in [5.74, 6) is -0.169. The minimum absolute atomic E-state index is 0. The van der Waals surface area contributed by atoms with E-state index in [2.05, 4.69) is 21.0 Å². The lowest BCUT2D eigenvalue weighted by Gasteiger charge is -2.17. The normalized spacial score (nSPS) is 18.8. The van der Waals surface area contributed by atoms with Gasteiger partial charge >= 0.3 is 0 Å². The average molecular weight is 378 g/mol. The molecule has 1 aliphatic rings. The summed E-state index contributed by atoms with van der Waals surface area (Å²) in [6, 6.07) is 6.94. The molecule has 2 heterocycles. The molecule has 0 saturated carbocycles. The van der Waals surface area contributed by atoms with Crippen LogP contribution in [0.15, 0.2) is 36.7 Å². The number of carbonyl (C=O) groups is 2. The monoisotopic (exact) mass is 377 g/mol. The average Bonchev–Trinajstić information content (AvgIpc) is 3.24. The molecule has 1 saturated heterocycles. The summed E-state index contributed by atoms with van der Waals surface area (Å²) >= 11 is 0. The van der Waals surface area contributed by atoms with Crippen molar-refractivity contribution in [1.29, 1.82) is 0 Å². The molecule has 0 spiro atoms. The molecule has 0 unspecified atom stereocenters. The lowest BCUT2D eigenvalue weighted by atomic mass is 9.90. The molecule has 2 amide bonds. The third-order valence-electron chi connectivity index (χ3n) is 4.46. The first-order valence-electron chi connectivity index (χ1n) is 8.47. The molecule has 1 aromatic heterocycles. The fourth-order valence-corrected chi connectivity index (χ4v) is 3.14. The Morgan fingerprint density at radius 3 is 2.62 bits per heavy atom. The van der Waals surface area contributed by atoms with Gasteiger partial charge in [-0.05, 0) is 36.8 Å². The molecule has 3 N–H and O–H groups in total. The summed E-state index contributed by atoms with van der Waals surface area (Å²) in [6.07, 6.45) is 3.78. The van der Waals surface area contributed by atoms with Gasteiger partial charge in [-0.2, -0.15) is 5.10 Å². The molecule has 1 aliphatic heterocycles. The van der Waals surface area contributed by atoms with Crippen LogP contribution in [-0.4, -0.2) is 41.2 Å². The third kappa shape index (κ3) is 4.42. The molecule has 1 fully saturated rings.